The second-order valence-electron chi connectivity index (χ2n) is 4.57. The van der Waals surface area contributed by atoms with Gasteiger partial charge in [0.25, 0.3) is 0 Å². The number of rotatable bonds is 4. The fraction of sp³-hybridized carbons (Fsp3) is 0.583. The highest BCUT2D eigenvalue weighted by Crippen LogP contribution is 2.19. The first-order valence-electron chi connectivity index (χ1n) is 6.23. The van der Waals surface area contributed by atoms with Crippen molar-refractivity contribution < 1.29 is 0 Å². The molecule has 0 spiro atoms. The van der Waals surface area contributed by atoms with Crippen LogP contribution >= 0.6 is 0 Å². The van der Waals surface area contributed by atoms with Gasteiger partial charge in [-0.25, -0.2) is 14.8 Å². The molecule has 0 saturated carbocycles. The second-order valence-corrected chi connectivity index (χ2v) is 4.57. The Balaban J connectivity index is 2.67. The predicted molar refractivity (Wildman–Crippen MR) is 72.1 cm³/mol. The predicted octanol–water partition coefficient (Wildman–Crippen LogP) is 1.55. The summed E-state index contributed by atoms with van der Waals surface area (Å²) in [6.45, 7) is 4.14. The van der Waals surface area contributed by atoms with Gasteiger partial charge in [0.05, 0.1) is 6.20 Å². The normalized spacial score (nSPS) is 11.4. The van der Waals surface area contributed by atoms with E-state index in [1.165, 1.54) is 0 Å². The first kappa shape index (κ1) is 12.6. The van der Waals surface area contributed by atoms with E-state index in [1.807, 2.05) is 19.0 Å². The average Bonchev–Trinajstić information content (AvgIpc) is 2.67. The third kappa shape index (κ3) is 1.98. The van der Waals surface area contributed by atoms with E-state index in [1.54, 1.807) is 10.8 Å². The molecule has 0 fully saturated rings. The Morgan fingerprint density at radius 2 is 2.06 bits per heavy atom. The molecular formula is C12H19N5O. The van der Waals surface area contributed by atoms with E-state index in [0.717, 1.165) is 18.7 Å². The Labute approximate surface area is 106 Å². The molecule has 1 N–H and O–H groups in total. The lowest BCUT2D eigenvalue weighted by atomic mass is 10.2. The van der Waals surface area contributed by atoms with Gasteiger partial charge in [-0.15, -0.1) is 0 Å². The fourth-order valence-electron chi connectivity index (χ4n) is 2.09. The van der Waals surface area contributed by atoms with E-state index in [9.17, 15) is 4.79 Å². The van der Waals surface area contributed by atoms with Gasteiger partial charge < -0.3 is 4.90 Å². The number of anilines is 1. The highest BCUT2D eigenvalue weighted by Gasteiger charge is 2.16. The van der Waals surface area contributed by atoms with Crippen molar-refractivity contribution in [1.29, 1.82) is 0 Å². The van der Waals surface area contributed by atoms with E-state index in [-0.39, 0.29) is 11.7 Å². The summed E-state index contributed by atoms with van der Waals surface area (Å²) in [5.41, 5.74) is 1.06. The van der Waals surface area contributed by atoms with Crippen LogP contribution in [0.3, 0.4) is 0 Å². The summed E-state index contributed by atoms with van der Waals surface area (Å²) in [4.78, 5) is 25.4. The maximum Gasteiger partial charge on any atom is 0.329 e. The molecule has 6 nitrogen and oxygen atoms in total. The summed E-state index contributed by atoms with van der Waals surface area (Å²) >= 11 is 0. The number of imidazole rings is 1. The first-order valence-corrected chi connectivity index (χ1v) is 6.23. The molecule has 18 heavy (non-hydrogen) atoms. The van der Waals surface area contributed by atoms with E-state index in [0.29, 0.717) is 11.3 Å². The minimum atomic E-state index is -0.130. The number of nitrogens with zero attached hydrogens (tertiary/aromatic N) is 4. The second kappa shape index (κ2) is 4.80. The van der Waals surface area contributed by atoms with Crippen LogP contribution in [0, 0.1) is 0 Å². The molecule has 0 aliphatic carbocycles. The van der Waals surface area contributed by atoms with Gasteiger partial charge in [0, 0.05) is 20.1 Å². The van der Waals surface area contributed by atoms with Crippen molar-refractivity contribution in [3.05, 3.63) is 16.7 Å². The van der Waals surface area contributed by atoms with Gasteiger partial charge in [0.15, 0.2) is 11.3 Å². The molecule has 0 atom stereocenters. The Hall–Kier alpha value is -1.85. The van der Waals surface area contributed by atoms with Crippen molar-refractivity contribution >= 4 is 17.1 Å². The Morgan fingerprint density at radius 3 is 2.61 bits per heavy atom. The summed E-state index contributed by atoms with van der Waals surface area (Å²) in [6.07, 6.45) is 3.46. The van der Waals surface area contributed by atoms with Crippen LogP contribution in [0.2, 0.25) is 0 Å². The summed E-state index contributed by atoms with van der Waals surface area (Å²) in [5, 5.41) is 0. The van der Waals surface area contributed by atoms with Crippen LogP contribution in [0.1, 0.15) is 32.7 Å². The molecule has 98 valence electrons. The van der Waals surface area contributed by atoms with Gasteiger partial charge in [-0.3, -0.25) is 9.55 Å². The number of aromatic amines is 1. The molecule has 0 bridgehead atoms. The van der Waals surface area contributed by atoms with Gasteiger partial charge >= 0.3 is 5.69 Å². The molecule has 2 aromatic heterocycles. The summed E-state index contributed by atoms with van der Waals surface area (Å²) in [6, 6.07) is 0.165. The van der Waals surface area contributed by atoms with Crippen molar-refractivity contribution in [3.63, 3.8) is 0 Å². The van der Waals surface area contributed by atoms with Gasteiger partial charge in [-0.2, -0.15) is 0 Å². The van der Waals surface area contributed by atoms with Crippen LogP contribution in [0.15, 0.2) is 11.0 Å². The van der Waals surface area contributed by atoms with Crippen LogP contribution in [-0.4, -0.2) is 33.6 Å². The maximum absolute atomic E-state index is 12.0. The number of hydrogen-bond donors (Lipinski definition) is 1. The quantitative estimate of drug-likeness (QED) is 0.892. The number of aromatic nitrogens is 4. The largest absolute Gasteiger partial charge is 0.361 e. The Kier molecular flexibility index (Phi) is 3.36. The minimum absolute atomic E-state index is 0.130. The Bertz CT molecular complexity index is 594. The number of hydrogen-bond acceptors (Lipinski definition) is 4. The molecule has 0 amide bonds. The highest BCUT2D eigenvalue weighted by molar-refractivity contribution is 5.67. The van der Waals surface area contributed by atoms with Gasteiger partial charge in [0.2, 0.25) is 0 Å². The monoisotopic (exact) mass is 249 g/mol. The molecule has 0 unspecified atom stereocenters. The zero-order valence-electron chi connectivity index (χ0n) is 11.3. The fourth-order valence-corrected chi connectivity index (χ4v) is 2.09. The molecule has 0 saturated heterocycles. The molecule has 0 radical (unpaired) electrons. The van der Waals surface area contributed by atoms with E-state index in [2.05, 4.69) is 28.8 Å². The van der Waals surface area contributed by atoms with Gasteiger partial charge in [0.1, 0.15) is 5.82 Å². The third-order valence-electron chi connectivity index (χ3n) is 3.18. The zero-order valence-corrected chi connectivity index (χ0v) is 11.3. The van der Waals surface area contributed by atoms with Crippen molar-refractivity contribution in [3.8, 4) is 0 Å². The number of H-pyrrole nitrogens is 1. The van der Waals surface area contributed by atoms with Crippen LogP contribution < -0.4 is 10.6 Å². The highest BCUT2D eigenvalue weighted by atomic mass is 16.1. The summed E-state index contributed by atoms with van der Waals surface area (Å²) < 4.78 is 1.72. The van der Waals surface area contributed by atoms with Gasteiger partial charge in [-0.1, -0.05) is 13.8 Å². The lowest BCUT2D eigenvalue weighted by Crippen LogP contribution is -2.22. The average molecular weight is 249 g/mol. The molecule has 2 heterocycles. The van der Waals surface area contributed by atoms with E-state index in [4.69, 9.17) is 0 Å². The summed E-state index contributed by atoms with van der Waals surface area (Å²) in [5.74, 6) is 0.751. The molecule has 0 aliphatic rings. The third-order valence-corrected chi connectivity index (χ3v) is 3.18. The number of fused-ring (bicyclic) bond motifs is 1. The van der Waals surface area contributed by atoms with Crippen molar-refractivity contribution in [2.75, 3.05) is 19.0 Å². The van der Waals surface area contributed by atoms with Crippen molar-refractivity contribution in [2.24, 2.45) is 0 Å². The molecular weight excluding hydrogens is 230 g/mol. The molecule has 0 aliphatic heterocycles. The molecule has 2 aromatic rings. The first-order chi connectivity index (χ1) is 8.58. The summed E-state index contributed by atoms with van der Waals surface area (Å²) in [7, 11) is 3.81. The molecule has 0 aromatic carbocycles. The Morgan fingerprint density at radius 1 is 1.39 bits per heavy atom. The topological polar surface area (TPSA) is 66.8 Å². The van der Waals surface area contributed by atoms with Crippen LogP contribution in [0.4, 0.5) is 5.82 Å². The zero-order chi connectivity index (χ0) is 13.3. The van der Waals surface area contributed by atoms with Crippen molar-refractivity contribution in [1.82, 2.24) is 19.5 Å². The maximum atomic E-state index is 12.0. The standard InChI is InChI=1S/C12H19N5O/c1-5-8(6-2)17-11-10(15-12(17)18)13-7-9(14-11)16(3)4/h7-8H,5-6H2,1-4H3,(H,13,15,18). The molecule has 6 heteroatoms. The SMILES string of the molecule is CCC(CC)n1c(=O)[nH]c2ncc(N(C)C)nc21. The smallest absolute Gasteiger partial charge is 0.329 e. The van der Waals surface area contributed by atoms with Crippen LogP contribution in [0.5, 0.6) is 0 Å². The van der Waals surface area contributed by atoms with E-state index >= 15 is 0 Å². The minimum Gasteiger partial charge on any atom is -0.361 e. The van der Waals surface area contributed by atoms with Crippen molar-refractivity contribution in [2.45, 2.75) is 32.7 Å². The number of nitrogens with one attached hydrogen (secondary N) is 1. The van der Waals surface area contributed by atoms with Crippen LogP contribution in [-0.2, 0) is 0 Å². The molecule has 2 rings (SSSR count). The van der Waals surface area contributed by atoms with Gasteiger partial charge in [-0.05, 0) is 12.8 Å². The lowest BCUT2D eigenvalue weighted by Gasteiger charge is -2.15. The van der Waals surface area contributed by atoms with Crippen LogP contribution in [0.25, 0.3) is 11.3 Å². The lowest BCUT2D eigenvalue weighted by molar-refractivity contribution is 0.469. The van der Waals surface area contributed by atoms with E-state index < -0.39 is 0 Å².